The lowest BCUT2D eigenvalue weighted by atomic mass is 10.7. The third kappa shape index (κ3) is 6.81. The van der Waals surface area contributed by atoms with Crippen LogP contribution in [0, 0.1) is 0 Å². The third-order valence-corrected chi connectivity index (χ3v) is 3.23. The predicted molar refractivity (Wildman–Crippen MR) is 51.1 cm³/mol. The van der Waals surface area contributed by atoms with E-state index in [9.17, 15) is 0 Å². The first kappa shape index (κ1) is 11.4. The van der Waals surface area contributed by atoms with Crippen molar-refractivity contribution < 1.29 is 9.47 Å². The Kier molecular flexibility index (Phi) is 8.85. The van der Waals surface area contributed by atoms with Crippen LogP contribution >= 0.6 is 11.6 Å². The van der Waals surface area contributed by atoms with Crippen molar-refractivity contribution in [1.29, 1.82) is 0 Å². The lowest BCUT2D eigenvalue weighted by molar-refractivity contribution is -0.123. The summed E-state index contributed by atoms with van der Waals surface area (Å²) in [5.74, 6) is 0. The van der Waals surface area contributed by atoms with Gasteiger partial charge < -0.3 is 9.47 Å². The Bertz CT molecular complexity index is 76.8. The Hall–Kier alpha value is 0.427. The van der Waals surface area contributed by atoms with Gasteiger partial charge in [-0.25, -0.2) is 0 Å². The van der Waals surface area contributed by atoms with Crippen LogP contribution in [-0.4, -0.2) is 34.5 Å². The van der Waals surface area contributed by atoms with E-state index in [1.54, 1.807) is 0 Å². The van der Waals surface area contributed by atoms with Gasteiger partial charge in [-0.15, -0.1) is 11.6 Å². The summed E-state index contributed by atoms with van der Waals surface area (Å²) in [6.45, 7) is 5.41. The number of alkyl halides is 1. The SMILES string of the molecule is CCOC(C[SiH2]CCl)OCC. The molecule has 0 bridgehead atoms. The molecule has 0 aliphatic rings. The van der Waals surface area contributed by atoms with E-state index < -0.39 is 0 Å². The van der Waals surface area contributed by atoms with Gasteiger partial charge >= 0.3 is 0 Å². The van der Waals surface area contributed by atoms with E-state index in [1.807, 2.05) is 13.8 Å². The van der Waals surface area contributed by atoms with E-state index in [0.717, 1.165) is 24.8 Å². The van der Waals surface area contributed by atoms with Gasteiger partial charge in [-0.3, -0.25) is 0 Å². The van der Waals surface area contributed by atoms with Gasteiger partial charge in [0.15, 0.2) is 6.29 Å². The first-order chi connectivity index (χ1) is 5.35. The zero-order chi connectivity index (χ0) is 8.53. The largest absolute Gasteiger partial charge is 0.353 e. The molecule has 0 amide bonds. The first-order valence-corrected chi connectivity index (χ1v) is 6.67. The van der Waals surface area contributed by atoms with Crippen LogP contribution in [-0.2, 0) is 9.47 Å². The van der Waals surface area contributed by atoms with Gasteiger partial charge in [0.1, 0.15) is 0 Å². The number of halogens is 1. The monoisotopic (exact) mass is 196 g/mol. The van der Waals surface area contributed by atoms with Crippen LogP contribution in [0.1, 0.15) is 13.8 Å². The molecule has 0 radical (unpaired) electrons. The molecule has 68 valence electrons. The fourth-order valence-electron chi connectivity index (χ4n) is 0.830. The van der Waals surface area contributed by atoms with Crippen molar-refractivity contribution in [3.05, 3.63) is 0 Å². The predicted octanol–water partition coefficient (Wildman–Crippen LogP) is 1.17. The summed E-state index contributed by atoms with van der Waals surface area (Å²) in [7, 11) is -0.151. The van der Waals surface area contributed by atoms with Gasteiger partial charge in [0, 0.05) is 28.2 Å². The highest BCUT2D eigenvalue weighted by Gasteiger charge is 2.06. The van der Waals surface area contributed by atoms with Crippen LogP contribution < -0.4 is 0 Å². The van der Waals surface area contributed by atoms with Crippen molar-refractivity contribution in [2.24, 2.45) is 0 Å². The standard InChI is InChI=1S/C7H17ClO2Si/c1-3-9-7(10-4-2)5-11-6-8/h7H,3-6,11H2,1-2H3. The van der Waals surface area contributed by atoms with Crippen LogP contribution in [0.2, 0.25) is 6.04 Å². The summed E-state index contributed by atoms with van der Waals surface area (Å²) in [4.78, 5) is 0. The zero-order valence-electron chi connectivity index (χ0n) is 7.31. The van der Waals surface area contributed by atoms with Gasteiger partial charge in [0.05, 0.1) is 0 Å². The maximum Gasteiger partial charge on any atom is 0.154 e. The molecule has 0 fully saturated rings. The molecule has 0 saturated heterocycles. The van der Waals surface area contributed by atoms with Crippen LogP contribution in [0.5, 0.6) is 0 Å². The molecule has 11 heavy (non-hydrogen) atoms. The Morgan fingerprint density at radius 3 is 2.18 bits per heavy atom. The van der Waals surface area contributed by atoms with Crippen LogP contribution in [0.4, 0.5) is 0 Å². The summed E-state index contributed by atoms with van der Waals surface area (Å²) in [6, 6.07) is 1.03. The molecule has 0 atom stereocenters. The highest BCUT2D eigenvalue weighted by molar-refractivity contribution is 6.50. The molecular weight excluding hydrogens is 180 g/mol. The molecule has 0 rings (SSSR count). The molecule has 2 nitrogen and oxygen atoms in total. The second-order valence-electron chi connectivity index (χ2n) is 2.17. The molecule has 0 spiro atoms. The molecule has 0 aromatic rings. The molecule has 0 aromatic heterocycles. The van der Waals surface area contributed by atoms with Gasteiger partial charge in [-0.2, -0.15) is 0 Å². The molecule has 4 heteroatoms. The molecule has 0 N–H and O–H groups in total. The second kappa shape index (κ2) is 8.52. The minimum atomic E-state index is -0.151. The Labute approximate surface area is 76.0 Å². The smallest absolute Gasteiger partial charge is 0.154 e. The molecule has 0 saturated carbocycles. The topological polar surface area (TPSA) is 18.5 Å². The Morgan fingerprint density at radius 1 is 1.27 bits per heavy atom. The van der Waals surface area contributed by atoms with Gasteiger partial charge in [-0.05, 0) is 19.9 Å². The second-order valence-corrected chi connectivity index (χ2v) is 4.97. The van der Waals surface area contributed by atoms with Crippen molar-refractivity contribution >= 4 is 21.1 Å². The van der Waals surface area contributed by atoms with Crippen LogP contribution in [0.15, 0.2) is 0 Å². The van der Waals surface area contributed by atoms with Gasteiger partial charge in [0.25, 0.3) is 0 Å². The lowest BCUT2D eigenvalue weighted by Gasteiger charge is -2.15. The number of rotatable bonds is 7. The van der Waals surface area contributed by atoms with Crippen LogP contribution in [0.3, 0.4) is 0 Å². The summed E-state index contributed by atoms with van der Waals surface area (Å²) in [5.41, 5.74) is 0.816. The quantitative estimate of drug-likeness (QED) is 0.346. The highest BCUT2D eigenvalue weighted by atomic mass is 35.5. The summed E-state index contributed by atoms with van der Waals surface area (Å²) in [6.07, 6.45) is 0.00965. The normalized spacial score (nSPS) is 12.0. The van der Waals surface area contributed by atoms with E-state index in [2.05, 4.69) is 0 Å². The minimum absolute atomic E-state index is 0.00965. The van der Waals surface area contributed by atoms with Crippen molar-refractivity contribution in [2.75, 3.05) is 18.7 Å². The first-order valence-electron chi connectivity index (χ1n) is 4.14. The van der Waals surface area contributed by atoms with Gasteiger partial charge in [0.2, 0.25) is 0 Å². The van der Waals surface area contributed by atoms with E-state index >= 15 is 0 Å². The minimum Gasteiger partial charge on any atom is -0.353 e. The zero-order valence-corrected chi connectivity index (χ0v) is 9.48. The Morgan fingerprint density at radius 2 is 1.82 bits per heavy atom. The Balaban J connectivity index is 3.34. The van der Waals surface area contributed by atoms with Gasteiger partial charge in [-0.1, -0.05) is 0 Å². The third-order valence-electron chi connectivity index (χ3n) is 1.28. The fourth-order valence-corrected chi connectivity index (χ4v) is 2.11. The highest BCUT2D eigenvalue weighted by Crippen LogP contribution is 2.00. The van der Waals surface area contributed by atoms with Crippen LogP contribution in [0.25, 0.3) is 0 Å². The number of hydrogen-bond acceptors (Lipinski definition) is 2. The lowest BCUT2D eigenvalue weighted by Crippen LogP contribution is -2.19. The van der Waals surface area contributed by atoms with Crippen molar-refractivity contribution in [3.8, 4) is 0 Å². The average molecular weight is 197 g/mol. The summed E-state index contributed by atoms with van der Waals surface area (Å²) in [5, 5.41) is 0. The molecule has 0 aliphatic heterocycles. The maximum atomic E-state index is 5.60. The molecule has 0 aliphatic carbocycles. The van der Waals surface area contributed by atoms with E-state index in [1.165, 1.54) is 0 Å². The number of ether oxygens (including phenoxy) is 2. The maximum absolute atomic E-state index is 5.60. The number of hydrogen-bond donors (Lipinski definition) is 0. The average Bonchev–Trinajstić information content (AvgIpc) is 2.01. The van der Waals surface area contributed by atoms with E-state index in [-0.39, 0.29) is 15.8 Å². The van der Waals surface area contributed by atoms with Crippen molar-refractivity contribution in [2.45, 2.75) is 26.2 Å². The molecule has 0 unspecified atom stereocenters. The molecule has 0 aromatic carbocycles. The van der Waals surface area contributed by atoms with E-state index in [0.29, 0.717) is 0 Å². The van der Waals surface area contributed by atoms with Crippen molar-refractivity contribution in [1.82, 2.24) is 0 Å². The molecular formula is C7H17ClO2Si. The fraction of sp³-hybridized carbons (Fsp3) is 1.00. The molecule has 0 heterocycles. The van der Waals surface area contributed by atoms with Crippen molar-refractivity contribution in [3.63, 3.8) is 0 Å². The summed E-state index contributed by atoms with van der Waals surface area (Å²) < 4.78 is 10.7. The van der Waals surface area contributed by atoms with E-state index in [4.69, 9.17) is 21.1 Å². The summed E-state index contributed by atoms with van der Waals surface area (Å²) >= 11 is 5.60.